The molecule has 0 saturated carbocycles. The molecule has 0 aliphatic heterocycles. The fourth-order valence-electron chi connectivity index (χ4n) is 1.93. The molecule has 0 spiro atoms. The molecule has 0 heterocycles. The molecule has 1 aromatic carbocycles. The topological polar surface area (TPSA) is 40.5 Å². The minimum atomic E-state index is -1.01. The number of carboxylic acids is 1. The zero-order chi connectivity index (χ0) is 13.7. The number of carbonyl (C=O) groups is 1. The van der Waals surface area contributed by atoms with Crippen LogP contribution in [0.3, 0.4) is 0 Å². The number of rotatable bonds is 6. The Hall–Kier alpha value is -1.42. The number of hydrogen-bond donors (Lipinski definition) is 1. The molecule has 18 heavy (non-hydrogen) atoms. The van der Waals surface area contributed by atoms with E-state index in [2.05, 4.69) is 25.7 Å². The average molecular weight is 253 g/mol. The maximum absolute atomic E-state index is 13.2. The first-order chi connectivity index (χ1) is 8.45. The third-order valence-corrected chi connectivity index (χ3v) is 2.91. The highest BCUT2D eigenvalue weighted by Gasteiger charge is 2.15. The highest BCUT2D eigenvalue weighted by Crippen LogP contribution is 2.16. The molecule has 0 aliphatic carbocycles. The van der Waals surface area contributed by atoms with E-state index < -0.39 is 11.8 Å². The van der Waals surface area contributed by atoms with E-state index in [4.69, 9.17) is 5.11 Å². The van der Waals surface area contributed by atoms with Gasteiger partial charge in [-0.25, -0.2) is 9.18 Å². The lowest BCUT2D eigenvalue weighted by Crippen LogP contribution is -2.31. The van der Waals surface area contributed by atoms with E-state index in [0.717, 1.165) is 13.0 Å². The molecule has 3 nitrogen and oxygen atoms in total. The normalized spacial score (nSPS) is 11.2. The summed E-state index contributed by atoms with van der Waals surface area (Å²) in [6.45, 7) is 7.50. The molecular formula is C14H20FNO2. The quantitative estimate of drug-likeness (QED) is 0.846. The fraction of sp³-hybridized carbons (Fsp3) is 0.500. The van der Waals surface area contributed by atoms with Gasteiger partial charge in [-0.15, -0.1) is 0 Å². The highest BCUT2D eigenvalue weighted by atomic mass is 19.1. The molecule has 0 radical (unpaired) electrons. The van der Waals surface area contributed by atoms with Crippen LogP contribution in [0.15, 0.2) is 18.2 Å². The van der Waals surface area contributed by atoms with E-state index >= 15 is 0 Å². The van der Waals surface area contributed by atoms with Gasteiger partial charge in [-0.3, -0.25) is 4.90 Å². The number of hydrogen-bond acceptors (Lipinski definition) is 2. The van der Waals surface area contributed by atoms with Gasteiger partial charge in [0.05, 0.1) is 5.56 Å². The van der Waals surface area contributed by atoms with Gasteiger partial charge >= 0.3 is 5.97 Å². The summed E-state index contributed by atoms with van der Waals surface area (Å²) in [4.78, 5) is 13.2. The van der Waals surface area contributed by atoms with Crippen molar-refractivity contribution >= 4 is 5.97 Å². The van der Waals surface area contributed by atoms with Gasteiger partial charge in [-0.2, -0.15) is 0 Å². The molecule has 4 heteroatoms. The van der Waals surface area contributed by atoms with Crippen LogP contribution in [0.2, 0.25) is 0 Å². The standard InChI is InChI=1S/C14H20FNO2/c1-4-7-16(10(2)3)9-11-8-12(15)5-6-13(11)14(17)18/h5-6,8,10H,4,7,9H2,1-3H3,(H,17,18). The Balaban J connectivity index is 3.00. The summed E-state index contributed by atoms with van der Waals surface area (Å²) in [5.41, 5.74) is 0.711. The van der Waals surface area contributed by atoms with Crippen molar-refractivity contribution in [1.82, 2.24) is 4.90 Å². The molecule has 100 valence electrons. The Morgan fingerprint density at radius 1 is 1.44 bits per heavy atom. The van der Waals surface area contributed by atoms with E-state index in [0.29, 0.717) is 18.2 Å². The fourth-order valence-corrected chi connectivity index (χ4v) is 1.93. The van der Waals surface area contributed by atoms with E-state index in [1.807, 2.05) is 0 Å². The SMILES string of the molecule is CCCN(Cc1cc(F)ccc1C(=O)O)C(C)C. The summed E-state index contributed by atoms with van der Waals surface area (Å²) >= 11 is 0. The van der Waals surface area contributed by atoms with Crippen molar-refractivity contribution in [2.75, 3.05) is 6.54 Å². The molecule has 0 saturated heterocycles. The Morgan fingerprint density at radius 3 is 2.61 bits per heavy atom. The molecule has 0 amide bonds. The summed E-state index contributed by atoms with van der Waals surface area (Å²) in [7, 11) is 0. The van der Waals surface area contributed by atoms with E-state index in [-0.39, 0.29) is 5.56 Å². The average Bonchev–Trinajstić information content (AvgIpc) is 2.28. The third kappa shape index (κ3) is 3.81. The van der Waals surface area contributed by atoms with E-state index in [1.54, 1.807) is 0 Å². The maximum atomic E-state index is 13.2. The second-order valence-corrected chi connectivity index (χ2v) is 4.67. The van der Waals surface area contributed by atoms with E-state index in [9.17, 15) is 9.18 Å². The Kier molecular flexibility index (Phi) is 5.28. The second-order valence-electron chi connectivity index (χ2n) is 4.67. The first-order valence-electron chi connectivity index (χ1n) is 6.21. The van der Waals surface area contributed by atoms with Crippen LogP contribution in [0, 0.1) is 5.82 Å². The Morgan fingerprint density at radius 2 is 2.11 bits per heavy atom. The van der Waals surface area contributed by atoms with Crippen molar-refractivity contribution < 1.29 is 14.3 Å². The molecule has 0 atom stereocenters. The molecule has 1 rings (SSSR count). The van der Waals surface area contributed by atoms with Crippen molar-refractivity contribution in [3.63, 3.8) is 0 Å². The molecule has 0 fully saturated rings. The number of carboxylic acid groups (broad SMARTS) is 1. The molecule has 0 unspecified atom stereocenters. The van der Waals surface area contributed by atoms with Crippen LogP contribution in [0.25, 0.3) is 0 Å². The van der Waals surface area contributed by atoms with Crippen molar-refractivity contribution in [3.05, 3.63) is 35.1 Å². The monoisotopic (exact) mass is 253 g/mol. The number of nitrogens with zero attached hydrogens (tertiary/aromatic N) is 1. The lowest BCUT2D eigenvalue weighted by molar-refractivity contribution is 0.0693. The van der Waals surface area contributed by atoms with Gasteiger partial charge in [0.15, 0.2) is 0 Å². The summed E-state index contributed by atoms with van der Waals surface area (Å²) < 4.78 is 13.2. The van der Waals surface area contributed by atoms with Crippen molar-refractivity contribution in [1.29, 1.82) is 0 Å². The number of halogens is 1. The summed E-state index contributed by atoms with van der Waals surface area (Å²) in [5, 5.41) is 9.10. The van der Waals surface area contributed by atoms with Crippen LogP contribution < -0.4 is 0 Å². The molecule has 1 aromatic rings. The van der Waals surface area contributed by atoms with Crippen LogP contribution in [-0.2, 0) is 6.54 Å². The smallest absolute Gasteiger partial charge is 0.336 e. The lowest BCUT2D eigenvalue weighted by atomic mass is 10.1. The maximum Gasteiger partial charge on any atom is 0.336 e. The van der Waals surface area contributed by atoms with Gasteiger partial charge in [0.1, 0.15) is 5.82 Å². The Bertz CT molecular complexity index is 418. The zero-order valence-corrected chi connectivity index (χ0v) is 11.1. The predicted octanol–water partition coefficient (Wildman–Crippen LogP) is 3.14. The first-order valence-corrected chi connectivity index (χ1v) is 6.21. The molecule has 0 aliphatic rings. The number of benzene rings is 1. The van der Waals surface area contributed by atoms with Crippen molar-refractivity contribution in [3.8, 4) is 0 Å². The van der Waals surface area contributed by atoms with Gasteiger partial charge < -0.3 is 5.11 Å². The molecule has 0 bridgehead atoms. The minimum Gasteiger partial charge on any atom is -0.478 e. The zero-order valence-electron chi connectivity index (χ0n) is 11.1. The van der Waals surface area contributed by atoms with Crippen LogP contribution in [0.5, 0.6) is 0 Å². The van der Waals surface area contributed by atoms with Gasteiger partial charge in [0, 0.05) is 12.6 Å². The molecule has 0 aromatic heterocycles. The largest absolute Gasteiger partial charge is 0.478 e. The van der Waals surface area contributed by atoms with E-state index in [1.165, 1.54) is 18.2 Å². The lowest BCUT2D eigenvalue weighted by Gasteiger charge is -2.26. The Labute approximate surface area is 107 Å². The van der Waals surface area contributed by atoms with Gasteiger partial charge in [-0.1, -0.05) is 6.92 Å². The summed E-state index contributed by atoms with van der Waals surface area (Å²) in [5.74, 6) is -1.40. The third-order valence-electron chi connectivity index (χ3n) is 2.91. The minimum absolute atomic E-state index is 0.179. The molecule has 1 N–H and O–H groups in total. The van der Waals surface area contributed by atoms with Crippen LogP contribution in [0.4, 0.5) is 4.39 Å². The van der Waals surface area contributed by atoms with Gasteiger partial charge in [0.2, 0.25) is 0 Å². The van der Waals surface area contributed by atoms with Crippen molar-refractivity contribution in [2.45, 2.75) is 39.8 Å². The van der Waals surface area contributed by atoms with Gasteiger partial charge in [0.25, 0.3) is 0 Å². The highest BCUT2D eigenvalue weighted by molar-refractivity contribution is 5.89. The van der Waals surface area contributed by atoms with Crippen molar-refractivity contribution in [2.24, 2.45) is 0 Å². The summed E-state index contributed by atoms with van der Waals surface area (Å²) in [6, 6.07) is 4.13. The molecular weight excluding hydrogens is 233 g/mol. The van der Waals surface area contributed by atoms with Crippen LogP contribution >= 0.6 is 0 Å². The van der Waals surface area contributed by atoms with Crippen LogP contribution in [0.1, 0.15) is 43.1 Å². The summed E-state index contributed by atoms with van der Waals surface area (Å²) in [6.07, 6.45) is 0.982. The first kappa shape index (κ1) is 14.6. The van der Waals surface area contributed by atoms with Gasteiger partial charge in [-0.05, 0) is 50.6 Å². The predicted molar refractivity (Wildman–Crippen MR) is 69.2 cm³/mol. The van der Waals surface area contributed by atoms with Crippen LogP contribution in [-0.4, -0.2) is 28.6 Å². The second kappa shape index (κ2) is 6.50. The number of aromatic carboxylic acids is 1.